The standard InChI is InChI=1S/C27H35NO/c1-2-13-24-22(9-1)10-7-11-23(24)12-8-15-26(25-14-3-6-19-28-25)18-20-29-27(21-26)16-4-5-17-27/h1-3,6,9,13-14,19,23H,4-5,7-8,10-12,15-18,20-21H2/t23?,26-/m1/s1. The Morgan fingerprint density at radius 2 is 1.83 bits per heavy atom. The fourth-order valence-electron chi connectivity index (χ4n) is 6.64. The fourth-order valence-corrected chi connectivity index (χ4v) is 6.64. The van der Waals surface area contributed by atoms with Crippen LogP contribution in [0.25, 0.3) is 0 Å². The van der Waals surface area contributed by atoms with Gasteiger partial charge in [-0.3, -0.25) is 4.98 Å². The first-order chi connectivity index (χ1) is 14.3. The zero-order chi connectivity index (χ0) is 19.6. The number of aromatic nitrogens is 1. The molecule has 5 rings (SSSR count). The Labute approximate surface area is 176 Å². The lowest BCUT2D eigenvalue weighted by atomic mass is 9.66. The molecule has 154 valence electrons. The van der Waals surface area contributed by atoms with Crippen LogP contribution in [0.15, 0.2) is 48.7 Å². The van der Waals surface area contributed by atoms with Crippen LogP contribution >= 0.6 is 0 Å². The maximum atomic E-state index is 6.42. The van der Waals surface area contributed by atoms with E-state index in [2.05, 4.69) is 42.5 Å². The van der Waals surface area contributed by atoms with Gasteiger partial charge >= 0.3 is 0 Å². The van der Waals surface area contributed by atoms with Crippen LogP contribution in [-0.4, -0.2) is 17.2 Å². The molecule has 1 saturated heterocycles. The lowest BCUT2D eigenvalue weighted by Gasteiger charge is -2.46. The number of rotatable bonds is 5. The van der Waals surface area contributed by atoms with E-state index in [9.17, 15) is 0 Å². The smallest absolute Gasteiger partial charge is 0.0691 e. The molecule has 29 heavy (non-hydrogen) atoms. The predicted octanol–water partition coefficient (Wildman–Crippen LogP) is 6.73. The van der Waals surface area contributed by atoms with Crippen LogP contribution in [0.3, 0.4) is 0 Å². The quantitative estimate of drug-likeness (QED) is 0.565. The Bertz CT molecular complexity index is 810. The van der Waals surface area contributed by atoms with Gasteiger partial charge < -0.3 is 4.74 Å². The zero-order valence-electron chi connectivity index (χ0n) is 17.7. The minimum atomic E-state index is 0.132. The molecule has 2 atom stereocenters. The van der Waals surface area contributed by atoms with Crippen LogP contribution in [0.5, 0.6) is 0 Å². The highest BCUT2D eigenvalue weighted by Crippen LogP contribution is 2.50. The van der Waals surface area contributed by atoms with E-state index in [0.717, 1.165) is 18.9 Å². The molecule has 2 aromatic rings. The number of hydrogen-bond acceptors (Lipinski definition) is 2. The third kappa shape index (κ3) is 3.89. The first-order valence-corrected chi connectivity index (χ1v) is 11.9. The molecule has 1 spiro atoms. The highest BCUT2D eigenvalue weighted by atomic mass is 16.5. The molecule has 2 heteroatoms. The Morgan fingerprint density at radius 1 is 0.966 bits per heavy atom. The molecule has 0 bridgehead atoms. The number of benzene rings is 1. The van der Waals surface area contributed by atoms with E-state index < -0.39 is 0 Å². The molecule has 1 unspecified atom stereocenters. The Morgan fingerprint density at radius 3 is 2.69 bits per heavy atom. The zero-order valence-corrected chi connectivity index (χ0v) is 17.7. The third-order valence-corrected chi connectivity index (χ3v) is 8.07. The average molecular weight is 390 g/mol. The molecule has 0 amide bonds. The topological polar surface area (TPSA) is 22.1 Å². The van der Waals surface area contributed by atoms with Crippen LogP contribution in [0, 0.1) is 0 Å². The van der Waals surface area contributed by atoms with Crippen molar-refractivity contribution in [2.24, 2.45) is 0 Å². The maximum absolute atomic E-state index is 6.42. The highest BCUT2D eigenvalue weighted by Gasteiger charge is 2.48. The van der Waals surface area contributed by atoms with Crippen molar-refractivity contribution in [3.8, 4) is 0 Å². The van der Waals surface area contributed by atoms with Crippen LogP contribution in [0.2, 0.25) is 0 Å². The van der Waals surface area contributed by atoms with Crippen LogP contribution in [0.4, 0.5) is 0 Å². The van der Waals surface area contributed by atoms with Gasteiger partial charge in [0.2, 0.25) is 0 Å². The van der Waals surface area contributed by atoms with Crippen LogP contribution < -0.4 is 0 Å². The Hall–Kier alpha value is -1.67. The van der Waals surface area contributed by atoms with Crippen molar-refractivity contribution in [2.45, 2.75) is 94.0 Å². The van der Waals surface area contributed by atoms with Gasteiger partial charge in [0.1, 0.15) is 0 Å². The summed E-state index contributed by atoms with van der Waals surface area (Å²) in [6.07, 6.45) is 17.3. The fraction of sp³-hybridized carbons (Fsp3) is 0.593. The molecule has 1 aromatic carbocycles. The van der Waals surface area contributed by atoms with Crippen molar-refractivity contribution in [1.29, 1.82) is 0 Å². The van der Waals surface area contributed by atoms with E-state index in [0.29, 0.717) is 0 Å². The van der Waals surface area contributed by atoms with Crippen LogP contribution in [-0.2, 0) is 16.6 Å². The van der Waals surface area contributed by atoms with Crippen LogP contribution in [0.1, 0.15) is 93.4 Å². The van der Waals surface area contributed by atoms with E-state index >= 15 is 0 Å². The van der Waals surface area contributed by atoms with E-state index in [-0.39, 0.29) is 11.0 Å². The van der Waals surface area contributed by atoms with Gasteiger partial charge in [-0.05, 0) is 87.0 Å². The van der Waals surface area contributed by atoms with Crippen molar-refractivity contribution < 1.29 is 4.74 Å². The molecular weight excluding hydrogens is 354 g/mol. The molecular formula is C27H35NO. The molecule has 0 radical (unpaired) electrons. The van der Waals surface area contributed by atoms with Gasteiger partial charge in [-0.25, -0.2) is 0 Å². The Balaban J connectivity index is 1.34. The molecule has 0 N–H and O–H groups in total. The number of aryl methyl sites for hydroxylation is 1. The number of pyridine rings is 1. The Kier molecular flexibility index (Phi) is 5.47. The summed E-state index contributed by atoms with van der Waals surface area (Å²) >= 11 is 0. The monoisotopic (exact) mass is 389 g/mol. The van der Waals surface area contributed by atoms with Gasteiger partial charge in [0.25, 0.3) is 0 Å². The summed E-state index contributed by atoms with van der Waals surface area (Å²) in [7, 11) is 0. The second-order valence-electron chi connectivity index (χ2n) is 9.84. The predicted molar refractivity (Wildman–Crippen MR) is 118 cm³/mol. The van der Waals surface area contributed by atoms with Gasteiger partial charge in [0, 0.05) is 23.9 Å². The van der Waals surface area contributed by atoms with Crippen molar-refractivity contribution in [2.75, 3.05) is 6.61 Å². The molecule has 1 aliphatic heterocycles. The second kappa shape index (κ2) is 8.22. The van der Waals surface area contributed by atoms with E-state index in [1.807, 2.05) is 6.20 Å². The van der Waals surface area contributed by atoms with Crippen molar-refractivity contribution in [3.05, 3.63) is 65.5 Å². The van der Waals surface area contributed by atoms with Crippen molar-refractivity contribution in [3.63, 3.8) is 0 Å². The normalized spacial score (nSPS) is 28.3. The van der Waals surface area contributed by atoms with E-state index in [4.69, 9.17) is 9.72 Å². The maximum Gasteiger partial charge on any atom is 0.0691 e. The number of nitrogens with zero attached hydrogens (tertiary/aromatic N) is 1. The molecule has 2 fully saturated rings. The summed E-state index contributed by atoms with van der Waals surface area (Å²) in [5.74, 6) is 0.751. The highest BCUT2D eigenvalue weighted by molar-refractivity contribution is 5.32. The van der Waals surface area contributed by atoms with Gasteiger partial charge in [0.05, 0.1) is 5.60 Å². The largest absolute Gasteiger partial charge is 0.375 e. The second-order valence-corrected chi connectivity index (χ2v) is 9.84. The number of fused-ring (bicyclic) bond motifs is 1. The average Bonchev–Trinajstić information content (AvgIpc) is 3.22. The lowest BCUT2D eigenvalue weighted by Crippen LogP contribution is -2.46. The van der Waals surface area contributed by atoms with Crippen molar-refractivity contribution >= 4 is 0 Å². The van der Waals surface area contributed by atoms with E-state index in [1.165, 1.54) is 76.3 Å². The summed E-state index contributed by atoms with van der Waals surface area (Å²) in [5, 5.41) is 0. The molecule has 2 nitrogen and oxygen atoms in total. The minimum absolute atomic E-state index is 0.132. The molecule has 2 aliphatic carbocycles. The molecule has 1 aromatic heterocycles. The van der Waals surface area contributed by atoms with Gasteiger partial charge in [0.15, 0.2) is 0 Å². The first kappa shape index (κ1) is 19.3. The minimum Gasteiger partial charge on any atom is -0.375 e. The summed E-state index contributed by atoms with van der Waals surface area (Å²) in [5.41, 5.74) is 4.88. The van der Waals surface area contributed by atoms with Gasteiger partial charge in [-0.15, -0.1) is 0 Å². The summed E-state index contributed by atoms with van der Waals surface area (Å²) in [4.78, 5) is 4.87. The van der Waals surface area contributed by atoms with Crippen molar-refractivity contribution in [1.82, 2.24) is 4.98 Å². The summed E-state index contributed by atoms with van der Waals surface area (Å²) in [6, 6.07) is 15.7. The molecule has 2 heterocycles. The summed E-state index contributed by atoms with van der Waals surface area (Å²) in [6.45, 7) is 0.906. The van der Waals surface area contributed by atoms with Gasteiger partial charge in [-0.1, -0.05) is 49.6 Å². The molecule has 3 aliphatic rings. The van der Waals surface area contributed by atoms with Gasteiger partial charge in [-0.2, -0.15) is 0 Å². The van der Waals surface area contributed by atoms with E-state index in [1.54, 1.807) is 11.1 Å². The SMILES string of the molecule is c1ccc([C@]2(CCCC3CCCc4ccccc43)CCOC3(CCCC3)C2)nc1. The molecule has 1 saturated carbocycles. The lowest BCUT2D eigenvalue weighted by molar-refractivity contribution is -0.105. The summed E-state index contributed by atoms with van der Waals surface area (Å²) < 4.78 is 6.42. The first-order valence-electron chi connectivity index (χ1n) is 11.9. The third-order valence-electron chi connectivity index (χ3n) is 8.07. The number of ether oxygens (including phenoxy) is 1. The number of hydrogen-bond donors (Lipinski definition) is 0.